The fourth-order valence-electron chi connectivity index (χ4n) is 4.91. The van der Waals surface area contributed by atoms with Gasteiger partial charge >= 0.3 is 23.9 Å². The van der Waals surface area contributed by atoms with Gasteiger partial charge in [-0.1, -0.05) is 12.1 Å². The van der Waals surface area contributed by atoms with Crippen LogP contribution >= 0.6 is 17.8 Å². The summed E-state index contributed by atoms with van der Waals surface area (Å²) in [5.74, 6) is -6.04. The normalized spacial score (nSPS) is 22.1. The lowest BCUT2D eigenvalue weighted by Crippen LogP contribution is -2.44. The van der Waals surface area contributed by atoms with Crippen LogP contribution in [0.1, 0.15) is 34.4 Å². The number of carboxylic acid groups (broad SMARTS) is 3. The molecule has 4 atom stereocenters. The van der Waals surface area contributed by atoms with E-state index in [4.69, 9.17) is 53.5 Å². The van der Waals surface area contributed by atoms with Gasteiger partial charge in [-0.15, -0.1) is 11.3 Å². The van der Waals surface area contributed by atoms with Crippen molar-refractivity contribution in [3.8, 4) is 0 Å². The highest BCUT2D eigenvalue weighted by Gasteiger charge is 2.51. The molecule has 6 heterocycles. The van der Waals surface area contributed by atoms with E-state index in [0.29, 0.717) is 14.6 Å². The Balaban J connectivity index is 0.000000162. The van der Waals surface area contributed by atoms with Crippen LogP contribution < -0.4 is 21.0 Å². The lowest BCUT2D eigenvalue weighted by Gasteiger charge is -2.25. The summed E-state index contributed by atoms with van der Waals surface area (Å²) in [4.78, 5) is 45.6. The Labute approximate surface area is 314 Å². The van der Waals surface area contributed by atoms with E-state index in [1.807, 2.05) is 0 Å². The number of aliphatic hydroxyl groups is 4. The van der Waals surface area contributed by atoms with Crippen LogP contribution in [0, 0.1) is 10.4 Å². The minimum absolute atomic E-state index is 0.0859. The fraction of sp³-hybridized carbons (Fsp3) is 0.500. The highest BCUT2D eigenvalue weighted by molar-refractivity contribution is 8.11. The van der Waals surface area contributed by atoms with Crippen molar-refractivity contribution in [2.45, 2.75) is 42.9 Å². The van der Waals surface area contributed by atoms with E-state index < -0.39 is 79.8 Å². The number of fused-ring (bicyclic) bond motifs is 1. The molecule has 0 aliphatic carbocycles. The number of aliphatic carboxylic acids is 3. The standard InChI is InChI=1S/C9H12N2O5S.C7H6N4O2.C6H12N3PS.C6H8O7/c10-8(15)3-2-17-9(11-3)7-6(14)5(13)4(1-12)16-7;8-7-9-11(13)6-4-2-1-3-5(6)10(7)12;11-10(7-1-2-7,8-3-4-8)9-5-6-9;7-3(8)1-6(13,5(11)12)2-4(9)10/h2,4-7,12-14H,1H2,(H2,10,15);1-4H,(H2,8,9);1-6H2;13H,1-2H2,(H,7,8)(H,9,10)(H,11,12)/t4-,5-,6-,7-;;;/m1.../s1. The van der Waals surface area contributed by atoms with Crippen LogP contribution in [-0.2, 0) is 30.9 Å². The second kappa shape index (κ2) is 17.5. The number of para-hydroxylation sites is 2. The molecule has 4 aliphatic heterocycles. The minimum Gasteiger partial charge on any atom is -0.739 e. The van der Waals surface area contributed by atoms with E-state index >= 15 is 0 Å². The monoisotopic (exact) mass is 819 g/mol. The van der Waals surface area contributed by atoms with Crippen LogP contribution in [0.3, 0.4) is 0 Å². The molecule has 54 heavy (non-hydrogen) atoms. The van der Waals surface area contributed by atoms with Crippen LogP contribution in [0.15, 0.2) is 29.6 Å². The van der Waals surface area contributed by atoms with Gasteiger partial charge in [0.2, 0.25) is 5.10 Å². The predicted molar refractivity (Wildman–Crippen MR) is 188 cm³/mol. The largest absolute Gasteiger partial charge is 0.739 e. The van der Waals surface area contributed by atoms with Gasteiger partial charge in [0.05, 0.1) is 19.4 Å². The number of nitrogen functional groups attached to an aromatic ring is 1. The van der Waals surface area contributed by atoms with Gasteiger partial charge in [0.25, 0.3) is 11.4 Å². The lowest BCUT2D eigenvalue weighted by atomic mass is 9.96. The van der Waals surface area contributed by atoms with Crippen molar-refractivity contribution in [3.05, 3.63) is 50.8 Å². The summed E-state index contributed by atoms with van der Waals surface area (Å²) in [6, 6.07) is 6.31. The number of aromatic nitrogens is 4. The molecule has 0 unspecified atom stereocenters. The van der Waals surface area contributed by atoms with Crippen molar-refractivity contribution in [2.75, 3.05) is 51.6 Å². The number of carboxylic acids is 3. The number of hydrogen-bond acceptors (Lipinski definition) is 16. The zero-order valence-corrected chi connectivity index (χ0v) is 30.6. The SMILES string of the molecule is NC(=O)c1csc([C@@H]2O[C@H](CO)[C@@H](O)[C@H]2O)n1.Nc1n[n+]([O-])c2ccccc2[n+]1[O-].O=C(O)CC(O)(CC(=O)O)C(=O)O.S=P(N1CC1)(N1CC1)N1CC1. The van der Waals surface area contributed by atoms with Crippen molar-refractivity contribution in [1.82, 2.24) is 24.1 Å². The molecular formula is C28H38N9O14PS2. The maximum Gasteiger partial charge on any atom is 0.458 e. The quantitative estimate of drug-likeness (QED) is 0.0390. The van der Waals surface area contributed by atoms with Crippen LogP contribution in [0.25, 0.3) is 11.0 Å². The van der Waals surface area contributed by atoms with Gasteiger partial charge < -0.3 is 56.6 Å². The van der Waals surface area contributed by atoms with Gasteiger partial charge in [0, 0.05) is 55.6 Å². The Kier molecular flexibility index (Phi) is 13.7. The summed E-state index contributed by atoms with van der Waals surface area (Å²) in [7, 11) is 0. The molecule has 4 saturated heterocycles. The average molecular weight is 820 g/mol. The summed E-state index contributed by atoms with van der Waals surface area (Å²) in [6.07, 6.45) is -6.34. The fourth-order valence-corrected chi connectivity index (χ4v) is 10.2. The average Bonchev–Trinajstić information content (AvgIpc) is 3.98. The van der Waals surface area contributed by atoms with Crippen LogP contribution in [0.5, 0.6) is 0 Å². The minimum atomic E-state index is -2.74. The molecule has 11 N–H and O–H groups in total. The topological polar surface area (TPSA) is 360 Å². The van der Waals surface area contributed by atoms with Gasteiger partial charge in [-0.2, -0.15) is 0 Å². The summed E-state index contributed by atoms with van der Waals surface area (Å²) in [5, 5.41) is 89.5. The predicted octanol–water partition coefficient (Wildman–Crippen LogP) is -3.61. The van der Waals surface area contributed by atoms with E-state index in [2.05, 4.69) is 24.1 Å². The van der Waals surface area contributed by atoms with Gasteiger partial charge in [0.1, 0.15) is 41.6 Å². The molecular weight excluding hydrogens is 781 g/mol. The number of nitrogens with two attached hydrogens (primary N) is 2. The number of nitrogens with zero attached hydrogens (tertiary/aromatic N) is 7. The van der Waals surface area contributed by atoms with Crippen molar-refractivity contribution in [1.29, 1.82) is 0 Å². The van der Waals surface area contributed by atoms with Crippen molar-refractivity contribution < 1.29 is 69.2 Å². The van der Waals surface area contributed by atoms with Gasteiger partial charge in [-0.05, 0) is 17.9 Å². The molecule has 0 radical (unpaired) electrons. The van der Waals surface area contributed by atoms with Gasteiger partial charge in [-0.25, -0.2) is 28.5 Å². The summed E-state index contributed by atoms with van der Waals surface area (Å²) >= 11 is 6.85. The molecule has 0 bridgehead atoms. The second-order valence-electron chi connectivity index (χ2n) is 12.1. The van der Waals surface area contributed by atoms with Crippen molar-refractivity contribution in [2.24, 2.45) is 5.73 Å². The number of anilines is 1. The van der Waals surface area contributed by atoms with Gasteiger partial charge in [0.15, 0.2) is 11.1 Å². The Morgan fingerprint density at radius 1 is 0.963 bits per heavy atom. The van der Waals surface area contributed by atoms with Crippen LogP contribution in [0.4, 0.5) is 5.95 Å². The molecule has 1 amide bonds. The van der Waals surface area contributed by atoms with Crippen LogP contribution in [0.2, 0.25) is 0 Å². The first-order chi connectivity index (χ1) is 25.3. The zero-order chi connectivity index (χ0) is 40.1. The molecule has 4 fully saturated rings. The Bertz CT molecular complexity index is 1860. The molecule has 1 aromatic carbocycles. The van der Waals surface area contributed by atoms with E-state index in [9.17, 15) is 39.8 Å². The molecule has 23 nitrogen and oxygen atoms in total. The number of rotatable bonds is 11. The number of carbonyl (C=O) groups is 4. The summed E-state index contributed by atoms with van der Waals surface area (Å²) in [5.41, 5.74) is 8.02. The number of thiazole rings is 1. The molecule has 296 valence electrons. The molecule has 26 heteroatoms. The second-order valence-corrected chi connectivity index (χ2v) is 17.1. The molecule has 0 spiro atoms. The van der Waals surface area contributed by atoms with E-state index in [-0.39, 0.29) is 22.7 Å². The van der Waals surface area contributed by atoms with E-state index in [1.54, 1.807) is 12.1 Å². The Morgan fingerprint density at radius 3 is 1.85 bits per heavy atom. The number of ether oxygens (including phenoxy) is 1. The summed E-state index contributed by atoms with van der Waals surface area (Å²) in [6.45, 7) is 5.86. The van der Waals surface area contributed by atoms with E-state index in [1.165, 1.54) is 56.8 Å². The smallest absolute Gasteiger partial charge is 0.458 e. The third kappa shape index (κ3) is 10.3. The highest BCUT2D eigenvalue weighted by atomic mass is 32.4. The first kappa shape index (κ1) is 42.5. The number of primary amides is 1. The number of amides is 1. The molecule has 7 rings (SSSR count). The molecule has 3 aromatic rings. The number of aliphatic hydroxyl groups excluding tert-OH is 3. The van der Waals surface area contributed by atoms with Gasteiger partial charge in [-0.3, -0.25) is 20.1 Å². The lowest BCUT2D eigenvalue weighted by molar-refractivity contribution is -0.672. The maximum atomic E-state index is 11.3. The number of carbonyl (C=O) groups excluding carboxylic acids is 1. The molecule has 0 saturated carbocycles. The van der Waals surface area contributed by atoms with Crippen LogP contribution in [-0.4, -0.2) is 153 Å². The molecule has 2 aromatic heterocycles. The Hall–Kier alpha value is -4.27. The zero-order valence-electron chi connectivity index (χ0n) is 28.1. The summed E-state index contributed by atoms with van der Waals surface area (Å²) < 4.78 is 13.1. The third-order valence-corrected chi connectivity index (χ3v) is 14.3. The van der Waals surface area contributed by atoms with Crippen molar-refractivity contribution in [3.63, 3.8) is 0 Å². The Morgan fingerprint density at radius 2 is 1.46 bits per heavy atom. The van der Waals surface area contributed by atoms with Crippen molar-refractivity contribution >= 4 is 70.4 Å². The first-order valence-corrected chi connectivity index (χ1v) is 19.4. The number of benzene rings is 1. The third-order valence-electron chi connectivity index (χ3n) is 7.93. The van der Waals surface area contributed by atoms with E-state index in [0.717, 1.165) is 11.3 Å². The number of hydrogen-bond donors (Lipinski definition) is 9. The first-order valence-electron chi connectivity index (χ1n) is 15.8. The maximum absolute atomic E-state index is 11.3. The molecule has 4 aliphatic rings. The highest BCUT2D eigenvalue weighted by Crippen LogP contribution is 2.65.